The van der Waals surface area contributed by atoms with Crippen molar-refractivity contribution in [3.8, 4) is 0 Å². The molecule has 0 aromatic carbocycles. The molecule has 0 radical (unpaired) electrons. The van der Waals surface area contributed by atoms with Crippen molar-refractivity contribution in [3.05, 3.63) is 0 Å². The first-order valence-corrected chi connectivity index (χ1v) is 7.95. The number of hydrogen-bond donors (Lipinski definition) is 1. The Morgan fingerprint density at radius 1 is 1.33 bits per heavy atom. The fraction of sp³-hybridized carbons (Fsp3) is 0.857. The molecule has 2 rings (SSSR count). The third-order valence-corrected chi connectivity index (χ3v) is 5.89. The van der Waals surface area contributed by atoms with Crippen LogP contribution in [0.3, 0.4) is 0 Å². The highest BCUT2D eigenvalue weighted by Crippen LogP contribution is 2.52. The van der Waals surface area contributed by atoms with Gasteiger partial charge in [-0.15, -0.1) is 0 Å². The second kappa shape index (κ2) is 4.87. The molecule has 2 amide bonds. The Balaban J connectivity index is 2.29. The van der Waals surface area contributed by atoms with Crippen LogP contribution in [0.5, 0.6) is 0 Å². The van der Waals surface area contributed by atoms with Gasteiger partial charge in [-0.25, -0.2) is 0 Å². The first kappa shape index (κ1) is 13.9. The molecule has 2 aliphatic rings. The molecule has 2 atom stereocenters. The van der Waals surface area contributed by atoms with E-state index < -0.39 is 0 Å². The van der Waals surface area contributed by atoms with Crippen molar-refractivity contribution < 1.29 is 9.59 Å². The molecule has 2 saturated heterocycles. The van der Waals surface area contributed by atoms with Gasteiger partial charge in [0.05, 0.1) is 0 Å². The van der Waals surface area contributed by atoms with Crippen LogP contribution in [0.15, 0.2) is 0 Å². The van der Waals surface area contributed by atoms with Gasteiger partial charge in [0.15, 0.2) is 0 Å². The van der Waals surface area contributed by atoms with Crippen LogP contribution in [0.2, 0.25) is 0 Å². The number of rotatable bonds is 2. The third kappa shape index (κ3) is 2.58. The van der Waals surface area contributed by atoms with Gasteiger partial charge in [-0.1, -0.05) is 27.2 Å². The largest absolute Gasteiger partial charge is 0.296 e. The Morgan fingerprint density at radius 2 is 2.06 bits per heavy atom. The molecule has 2 fully saturated rings. The van der Waals surface area contributed by atoms with Crippen molar-refractivity contribution in [3.63, 3.8) is 0 Å². The first-order chi connectivity index (χ1) is 8.38. The highest BCUT2D eigenvalue weighted by molar-refractivity contribution is 7.99. The molecule has 2 heterocycles. The van der Waals surface area contributed by atoms with E-state index in [1.165, 1.54) is 0 Å². The monoisotopic (exact) mass is 269 g/mol. The van der Waals surface area contributed by atoms with Gasteiger partial charge in [0.25, 0.3) is 0 Å². The van der Waals surface area contributed by atoms with E-state index >= 15 is 0 Å². The van der Waals surface area contributed by atoms with E-state index in [9.17, 15) is 9.59 Å². The summed E-state index contributed by atoms with van der Waals surface area (Å²) in [6, 6.07) is 0. The van der Waals surface area contributed by atoms with Crippen molar-refractivity contribution >= 4 is 23.6 Å². The van der Waals surface area contributed by atoms with Gasteiger partial charge in [0.2, 0.25) is 11.8 Å². The van der Waals surface area contributed by atoms with E-state index in [0.717, 1.165) is 30.8 Å². The van der Waals surface area contributed by atoms with E-state index in [-0.39, 0.29) is 28.6 Å². The Hall–Kier alpha value is -0.510. The highest BCUT2D eigenvalue weighted by Gasteiger charge is 2.51. The zero-order valence-electron chi connectivity index (χ0n) is 11.5. The predicted octanol–water partition coefficient (Wildman–Crippen LogP) is 2.60. The molecule has 1 spiro atoms. The number of carbonyl (C=O) groups excluding carboxylic acids is 2. The fourth-order valence-corrected chi connectivity index (χ4v) is 5.21. The maximum atomic E-state index is 12.1. The van der Waals surface area contributed by atoms with Crippen molar-refractivity contribution in [2.45, 2.75) is 46.5 Å². The standard InChI is InChI=1S/C14H23NO2S/c1-4-5-10-12(17)15-11(16)6-14(10)7-13(2,3)8-18-9-14/h10H,4-9H2,1-3H3,(H,15,16,17). The maximum absolute atomic E-state index is 12.1. The number of piperidine rings is 1. The summed E-state index contributed by atoms with van der Waals surface area (Å²) in [6.07, 6.45) is 3.42. The molecule has 0 aliphatic carbocycles. The van der Waals surface area contributed by atoms with E-state index in [2.05, 4.69) is 26.1 Å². The van der Waals surface area contributed by atoms with Gasteiger partial charge in [-0.05, 0) is 24.0 Å². The smallest absolute Gasteiger partial charge is 0.230 e. The molecular weight excluding hydrogens is 246 g/mol. The molecule has 3 nitrogen and oxygen atoms in total. The predicted molar refractivity (Wildman–Crippen MR) is 74.3 cm³/mol. The van der Waals surface area contributed by atoms with Crippen molar-refractivity contribution in [1.29, 1.82) is 0 Å². The molecule has 0 saturated carbocycles. The van der Waals surface area contributed by atoms with Gasteiger partial charge in [-0.2, -0.15) is 11.8 Å². The Kier molecular flexibility index (Phi) is 3.77. The fourth-order valence-electron chi connectivity index (χ4n) is 3.64. The zero-order chi connectivity index (χ0) is 13.4. The molecule has 102 valence electrons. The number of nitrogens with one attached hydrogen (secondary N) is 1. The number of hydrogen-bond acceptors (Lipinski definition) is 3. The minimum atomic E-state index is -0.0954. The average Bonchev–Trinajstić information content (AvgIpc) is 2.21. The van der Waals surface area contributed by atoms with Crippen molar-refractivity contribution in [2.24, 2.45) is 16.7 Å². The molecule has 2 aliphatic heterocycles. The lowest BCUT2D eigenvalue weighted by Crippen LogP contribution is -2.56. The Morgan fingerprint density at radius 3 is 2.67 bits per heavy atom. The van der Waals surface area contributed by atoms with Gasteiger partial charge >= 0.3 is 0 Å². The summed E-state index contributed by atoms with van der Waals surface area (Å²) in [5.74, 6) is 1.99. The first-order valence-electron chi connectivity index (χ1n) is 6.80. The maximum Gasteiger partial charge on any atom is 0.230 e. The lowest BCUT2D eigenvalue weighted by atomic mass is 9.62. The number of imide groups is 1. The summed E-state index contributed by atoms with van der Waals surface area (Å²) in [7, 11) is 0. The van der Waals surface area contributed by atoms with Crippen LogP contribution in [0.25, 0.3) is 0 Å². The zero-order valence-corrected chi connectivity index (χ0v) is 12.4. The third-order valence-electron chi connectivity index (χ3n) is 4.12. The van der Waals surface area contributed by atoms with E-state index in [0.29, 0.717) is 6.42 Å². The molecule has 1 N–H and O–H groups in total. The minimum absolute atomic E-state index is 0.0206. The second-order valence-corrected chi connectivity index (χ2v) is 7.61. The van der Waals surface area contributed by atoms with Crippen LogP contribution >= 0.6 is 11.8 Å². The Bertz CT molecular complexity index is 367. The number of amides is 2. The average molecular weight is 269 g/mol. The molecule has 0 bridgehead atoms. The van der Waals surface area contributed by atoms with Crippen LogP contribution in [0.4, 0.5) is 0 Å². The highest BCUT2D eigenvalue weighted by atomic mass is 32.2. The van der Waals surface area contributed by atoms with Crippen molar-refractivity contribution in [2.75, 3.05) is 11.5 Å². The summed E-state index contributed by atoms with van der Waals surface area (Å²) >= 11 is 1.91. The van der Waals surface area contributed by atoms with Gasteiger partial charge in [0, 0.05) is 23.5 Å². The van der Waals surface area contributed by atoms with Crippen LogP contribution in [-0.4, -0.2) is 23.3 Å². The minimum Gasteiger partial charge on any atom is -0.296 e. The van der Waals surface area contributed by atoms with Gasteiger partial charge in [-0.3, -0.25) is 14.9 Å². The number of thioether (sulfide) groups is 1. The van der Waals surface area contributed by atoms with Crippen molar-refractivity contribution in [1.82, 2.24) is 5.32 Å². The molecule has 4 heteroatoms. The van der Waals surface area contributed by atoms with Crippen LogP contribution in [0, 0.1) is 16.7 Å². The van der Waals surface area contributed by atoms with E-state index in [1.807, 2.05) is 11.8 Å². The molecule has 18 heavy (non-hydrogen) atoms. The lowest BCUT2D eigenvalue weighted by Gasteiger charge is -2.50. The summed E-state index contributed by atoms with van der Waals surface area (Å²) in [5.41, 5.74) is 0.134. The summed E-state index contributed by atoms with van der Waals surface area (Å²) < 4.78 is 0. The summed E-state index contributed by atoms with van der Waals surface area (Å²) in [5, 5.41) is 2.53. The van der Waals surface area contributed by atoms with Gasteiger partial charge in [0.1, 0.15) is 0 Å². The Labute approximate surface area is 113 Å². The topological polar surface area (TPSA) is 46.2 Å². The molecule has 2 unspecified atom stereocenters. The molecule has 0 aromatic rings. The van der Waals surface area contributed by atoms with Gasteiger partial charge < -0.3 is 0 Å². The molecular formula is C14H23NO2S. The summed E-state index contributed by atoms with van der Waals surface area (Å²) in [4.78, 5) is 23.9. The van der Waals surface area contributed by atoms with E-state index in [1.54, 1.807) is 0 Å². The quantitative estimate of drug-likeness (QED) is 0.784. The molecule has 0 aromatic heterocycles. The van der Waals surface area contributed by atoms with E-state index in [4.69, 9.17) is 0 Å². The lowest BCUT2D eigenvalue weighted by molar-refractivity contribution is -0.144. The van der Waals surface area contributed by atoms with Crippen LogP contribution in [0.1, 0.15) is 46.5 Å². The normalized spacial score (nSPS) is 35.6. The number of carbonyl (C=O) groups is 2. The SMILES string of the molecule is CCCC1C(=O)NC(=O)CC12CSCC(C)(C)C2. The second-order valence-electron chi connectivity index (χ2n) is 6.63. The summed E-state index contributed by atoms with van der Waals surface area (Å²) in [6.45, 7) is 6.61. The van der Waals surface area contributed by atoms with Crippen LogP contribution < -0.4 is 5.32 Å². The van der Waals surface area contributed by atoms with Crippen LogP contribution in [-0.2, 0) is 9.59 Å².